The Morgan fingerprint density at radius 2 is 2.16 bits per heavy atom. The first kappa shape index (κ1) is 17.5. The molecule has 130 valence electrons. The highest BCUT2D eigenvalue weighted by atomic mass is 35.5. The standard InChI is InChI=1S/C19H20ClN3O2/c1-25-9-3-8-21-19(24)15-6-7-16-12-22-23(18(16)11-15)13-14-4-2-5-17(20)10-14/h2,4-7,10-12H,3,8-9,13H2,1H3,(H,21,24). The monoisotopic (exact) mass is 357 g/mol. The maximum Gasteiger partial charge on any atom is 0.251 e. The fraction of sp³-hybridized carbons (Fsp3) is 0.263. The molecule has 0 atom stereocenters. The average Bonchev–Trinajstić information content (AvgIpc) is 3.01. The second-order valence-corrected chi connectivity index (χ2v) is 6.24. The zero-order chi connectivity index (χ0) is 17.6. The number of carbonyl (C=O) groups is 1. The third kappa shape index (κ3) is 4.38. The van der Waals surface area contributed by atoms with E-state index >= 15 is 0 Å². The van der Waals surface area contributed by atoms with Gasteiger partial charge in [-0.3, -0.25) is 9.48 Å². The van der Waals surface area contributed by atoms with E-state index in [9.17, 15) is 4.79 Å². The summed E-state index contributed by atoms with van der Waals surface area (Å²) in [5, 5.41) is 9.03. The van der Waals surface area contributed by atoms with Crippen molar-refractivity contribution in [2.75, 3.05) is 20.3 Å². The van der Waals surface area contributed by atoms with Crippen LogP contribution in [-0.2, 0) is 11.3 Å². The van der Waals surface area contributed by atoms with Gasteiger partial charge in [0.25, 0.3) is 5.91 Å². The van der Waals surface area contributed by atoms with E-state index in [0.29, 0.717) is 30.3 Å². The van der Waals surface area contributed by atoms with Crippen LogP contribution in [0.4, 0.5) is 0 Å². The molecule has 3 aromatic rings. The number of nitrogens with zero attached hydrogens (tertiary/aromatic N) is 2. The Kier molecular flexibility index (Phi) is 5.68. The minimum absolute atomic E-state index is 0.0893. The van der Waals surface area contributed by atoms with Crippen molar-refractivity contribution in [2.45, 2.75) is 13.0 Å². The van der Waals surface area contributed by atoms with Crippen LogP contribution in [0, 0.1) is 0 Å². The second kappa shape index (κ2) is 8.14. The smallest absolute Gasteiger partial charge is 0.251 e. The summed E-state index contributed by atoms with van der Waals surface area (Å²) >= 11 is 6.05. The van der Waals surface area contributed by atoms with Gasteiger partial charge in [-0.2, -0.15) is 5.10 Å². The van der Waals surface area contributed by atoms with Crippen LogP contribution in [0.1, 0.15) is 22.3 Å². The molecule has 1 N–H and O–H groups in total. The van der Waals surface area contributed by atoms with Crippen LogP contribution in [0.5, 0.6) is 0 Å². The number of halogens is 1. The Hall–Kier alpha value is -2.37. The third-order valence-corrected chi connectivity index (χ3v) is 4.17. The molecule has 3 rings (SSSR count). The molecule has 6 heteroatoms. The highest BCUT2D eigenvalue weighted by Crippen LogP contribution is 2.18. The van der Waals surface area contributed by atoms with E-state index in [4.69, 9.17) is 16.3 Å². The first-order chi connectivity index (χ1) is 12.2. The van der Waals surface area contributed by atoms with Crippen LogP contribution in [0.15, 0.2) is 48.7 Å². The Morgan fingerprint density at radius 1 is 1.28 bits per heavy atom. The molecule has 0 fully saturated rings. The summed E-state index contributed by atoms with van der Waals surface area (Å²) in [5.74, 6) is -0.0893. The number of hydrogen-bond donors (Lipinski definition) is 1. The van der Waals surface area contributed by atoms with Crippen molar-refractivity contribution in [3.63, 3.8) is 0 Å². The van der Waals surface area contributed by atoms with Crippen molar-refractivity contribution in [3.05, 3.63) is 64.8 Å². The summed E-state index contributed by atoms with van der Waals surface area (Å²) in [5.41, 5.74) is 2.61. The molecule has 0 unspecified atom stereocenters. The Labute approximate surface area is 151 Å². The highest BCUT2D eigenvalue weighted by Gasteiger charge is 2.09. The normalized spacial score (nSPS) is 11.0. The van der Waals surface area contributed by atoms with Gasteiger partial charge in [0.05, 0.1) is 18.3 Å². The molecule has 1 heterocycles. The van der Waals surface area contributed by atoms with Crippen LogP contribution < -0.4 is 5.32 Å². The van der Waals surface area contributed by atoms with Crippen molar-refractivity contribution in [2.24, 2.45) is 0 Å². The molecule has 0 bridgehead atoms. The van der Waals surface area contributed by atoms with E-state index in [0.717, 1.165) is 22.9 Å². The number of ether oxygens (including phenoxy) is 1. The predicted octanol–water partition coefficient (Wildman–Crippen LogP) is 3.50. The Morgan fingerprint density at radius 3 is 2.96 bits per heavy atom. The lowest BCUT2D eigenvalue weighted by atomic mass is 10.1. The number of carbonyl (C=O) groups excluding carboxylic acids is 1. The van der Waals surface area contributed by atoms with Crippen LogP contribution in [0.25, 0.3) is 10.9 Å². The number of nitrogens with one attached hydrogen (secondary N) is 1. The van der Waals surface area contributed by atoms with Crippen LogP contribution in [-0.4, -0.2) is 35.9 Å². The molecular weight excluding hydrogens is 338 g/mol. The van der Waals surface area contributed by atoms with Gasteiger partial charge in [0, 0.05) is 36.2 Å². The zero-order valence-electron chi connectivity index (χ0n) is 14.0. The molecule has 0 spiro atoms. The average molecular weight is 358 g/mol. The van der Waals surface area contributed by atoms with Crippen molar-refractivity contribution >= 4 is 28.4 Å². The minimum Gasteiger partial charge on any atom is -0.385 e. The van der Waals surface area contributed by atoms with E-state index in [2.05, 4.69) is 10.4 Å². The van der Waals surface area contributed by atoms with Gasteiger partial charge in [-0.15, -0.1) is 0 Å². The third-order valence-electron chi connectivity index (χ3n) is 3.94. The maximum absolute atomic E-state index is 12.3. The highest BCUT2D eigenvalue weighted by molar-refractivity contribution is 6.30. The molecule has 1 aromatic heterocycles. The van der Waals surface area contributed by atoms with E-state index in [1.807, 2.05) is 47.1 Å². The molecule has 0 radical (unpaired) electrons. The molecule has 5 nitrogen and oxygen atoms in total. The summed E-state index contributed by atoms with van der Waals surface area (Å²) < 4.78 is 6.86. The molecular formula is C19H20ClN3O2. The number of methoxy groups -OCH3 is 1. The van der Waals surface area contributed by atoms with Crippen LogP contribution in [0.3, 0.4) is 0 Å². The molecule has 2 aromatic carbocycles. The number of amides is 1. The molecule has 0 saturated heterocycles. The van der Waals surface area contributed by atoms with Gasteiger partial charge in [0.2, 0.25) is 0 Å². The summed E-state index contributed by atoms with van der Waals surface area (Å²) in [6.07, 6.45) is 2.59. The minimum atomic E-state index is -0.0893. The molecule has 1 amide bonds. The fourth-order valence-corrected chi connectivity index (χ4v) is 2.88. The SMILES string of the molecule is COCCCNC(=O)c1ccc2cnn(Cc3cccc(Cl)c3)c2c1. The zero-order valence-corrected chi connectivity index (χ0v) is 14.8. The van der Waals surface area contributed by atoms with Gasteiger partial charge in [-0.05, 0) is 36.2 Å². The maximum atomic E-state index is 12.3. The molecule has 0 aliphatic carbocycles. The summed E-state index contributed by atoms with van der Waals surface area (Å²) in [4.78, 5) is 12.3. The molecule has 0 aliphatic rings. The van der Waals surface area contributed by atoms with Gasteiger partial charge in [-0.25, -0.2) is 0 Å². The first-order valence-electron chi connectivity index (χ1n) is 8.14. The fourth-order valence-electron chi connectivity index (χ4n) is 2.67. The quantitative estimate of drug-likeness (QED) is 0.658. The number of fused-ring (bicyclic) bond motifs is 1. The summed E-state index contributed by atoms with van der Waals surface area (Å²) in [6, 6.07) is 13.3. The Balaban J connectivity index is 1.78. The number of aromatic nitrogens is 2. The first-order valence-corrected chi connectivity index (χ1v) is 8.52. The van der Waals surface area contributed by atoms with Gasteiger partial charge in [0.15, 0.2) is 0 Å². The molecule has 25 heavy (non-hydrogen) atoms. The van der Waals surface area contributed by atoms with E-state index in [1.165, 1.54) is 0 Å². The lowest BCUT2D eigenvalue weighted by Crippen LogP contribution is -2.25. The lowest BCUT2D eigenvalue weighted by molar-refractivity contribution is 0.0948. The Bertz CT molecular complexity index is 876. The van der Waals surface area contributed by atoms with E-state index < -0.39 is 0 Å². The van der Waals surface area contributed by atoms with Crippen LogP contribution in [0.2, 0.25) is 5.02 Å². The lowest BCUT2D eigenvalue weighted by Gasteiger charge is -2.07. The van der Waals surface area contributed by atoms with Crippen molar-refractivity contribution in [1.29, 1.82) is 0 Å². The van der Waals surface area contributed by atoms with Crippen molar-refractivity contribution in [1.82, 2.24) is 15.1 Å². The van der Waals surface area contributed by atoms with Gasteiger partial charge in [-0.1, -0.05) is 29.8 Å². The topological polar surface area (TPSA) is 56.1 Å². The molecule has 0 aliphatic heterocycles. The van der Waals surface area contributed by atoms with E-state index in [1.54, 1.807) is 13.3 Å². The van der Waals surface area contributed by atoms with Crippen LogP contribution >= 0.6 is 11.6 Å². The van der Waals surface area contributed by atoms with Gasteiger partial charge in [0.1, 0.15) is 0 Å². The summed E-state index contributed by atoms with van der Waals surface area (Å²) in [7, 11) is 1.65. The van der Waals surface area contributed by atoms with Crippen molar-refractivity contribution in [3.8, 4) is 0 Å². The number of hydrogen-bond acceptors (Lipinski definition) is 3. The predicted molar refractivity (Wildman–Crippen MR) is 99.1 cm³/mol. The largest absolute Gasteiger partial charge is 0.385 e. The number of benzene rings is 2. The van der Waals surface area contributed by atoms with Gasteiger partial charge < -0.3 is 10.1 Å². The number of rotatable bonds is 7. The van der Waals surface area contributed by atoms with E-state index in [-0.39, 0.29) is 5.91 Å². The molecule has 0 saturated carbocycles. The second-order valence-electron chi connectivity index (χ2n) is 5.81. The van der Waals surface area contributed by atoms with Gasteiger partial charge >= 0.3 is 0 Å². The summed E-state index contributed by atoms with van der Waals surface area (Å²) in [6.45, 7) is 1.82. The van der Waals surface area contributed by atoms with Crippen molar-refractivity contribution < 1.29 is 9.53 Å².